The number of rotatable bonds is 12. The summed E-state index contributed by atoms with van der Waals surface area (Å²) in [5.41, 5.74) is 2.09. The third kappa shape index (κ3) is 10.3. The number of carbonyl (C=O) groups excluding carboxylic acids is 1. The Bertz CT molecular complexity index is 751. The van der Waals surface area contributed by atoms with Gasteiger partial charge in [0.15, 0.2) is 0 Å². The van der Waals surface area contributed by atoms with E-state index < -0.39 is 0 Å². The third-order valence-electron chi connectivity index (χ3n) is 4.77. The highest BCUT2D eigenvalue weighted by Crippen LogP contribution is 2.19. The van der Waals surface area contributed by atoms with Crippen LogP contribution in [0.2, 0.25) is 0 Å². The zero-order valence-electron chi connectivity index (χ0n) is 19.6. The van der Waals surface area contributed by atoms with Crippen LogP contribution in [0.5, 0.6) is 5.75 Å². The Morgan fingerprint density at radius 3 is 2.26 bits per heavy atom. The van der Waals surface area contributed by atoms with Crippen molar-refractivity contribution in [1.29, 1.82) is 0 Å². The monoisotopic (exact) mass is 431 g/mol. The van der Waals surface area contributed by atoms with E-state index in [0.717, 1.165) is 56.7 Å². The number of carbonyl (C=O) groups is 1. The molecule has 0 aromatic heterocycles. The van der Waals surface area contributed by atoms with Crippen LogP contribution in [0.3, 0.4) is 0 Å². The molecule has 0 fully saturated rings. The van der Waals surface area contributed by atoms with E-state index in [0.29, 0.717) is 17.3 Å². The summed E-state index contributed by atoms with van der Waals surface area (Å²) in [6.07, 6.45) is 3.89. The number of halogens is 1. The average Bonchev–Trinajstić information content (AvgIpc) is 2.78. The van der Waals surface area contributed by atoms with Gasteiger partial charge >= 0.3 is 0 Å². The summed E-state index contributed by atoms with van der Waals surface area (Å²) >= 11 is 0. The lowest BCUT2D eigenvalue weighted by atomic mass is 10.2. The maximum absolute atomic E-state index is 13.9. The number of nitrogens with zero attached hydrogens (tertiary/aromatic N) is 1. The molecule has 2 rings (SSSR count). The lowest BCUT2D eigenvalue weighted by Crippen LogP contribution is -2.33. The Morgan fingerprint density at radius 2 is 1.74 bits per heavy atom. The second kappa shape index (κ2) is 15.2. The molecule has 6 heteroatoms. The fourth-order valence-corrected chi connectivity index (χ4v) is 2.82. The van der Waals surface area contributed by atoms with Crippen LogP contribution < -0.4 is 15.4 Å². The summed E-state index contributed by atoms with van der Waals surface area (Å²) in [6, 6.07) is 12.8. The van der Waals surface area contributed by atoms with Crippen molar-refractivity contribution in [3.05, 3.63) is 53.8 Å². The normalized spacial score (nSPS) is 11.3. The maximum atomic E-state index is 13.9. The van der Waals surface area contributed by atoms with Crippen LogP contribution in [-0.4, -0.2) is 51.0 Å². The summed E-state index contributed by atoms with van der Waals surface area (Å²) < 4.78 is 19.3. The number of nitrogens with one attached hydrogen (secondary N) is 2. The number of benzene rings is 2. The molecule has 5 nitrogen and oxygen atoms in total. The van der Waals surface area contributed by atoms with Gasteiger partial charge in [0.05, 0.1) is 12.3 Å². The van der Waals surface area contributed by atoms with E-state index in [9.17, 15) is 9.18 Å². The molecule has 0 saturated heterocycles. The molecule has 0 aliphatic carbocycles. The van der Waals surface area contributed by atoms with Gasteiger partial charge in [-0.1, -0.05) is 20.8 Å². The smallest absolute Gasteiger partial charge is 0.150 e. The van der Waals surface area contributed by atoms with Crippen LogP contribution in [0.1, 0.15) is 50.4 Å². The quantitative estimate of drug-likeness (QED) is 0.423. The molecule has 0 saturated carbocycles. The fourth-order valence-electron chi connectivity index (χ4n) is 2.82. The van der Waals surface area contributed by atoms with E-state index in [-0.39, 0.29) is 5.82 Å². The van der Waals surface area contributed by atoms with E-state index in [1.807, 2.05) is 20.2 Å². The molecule has 1 atom stereocenters. The van der Waals surface area contributed by atoms with E-state index in [4.69, 9.17) is 4.74 Å². The predicted molar refractivity (Wildman–Crippen MR) is 129 cm³/mol. The Morgan fingerprint density at radius 1 is 1.03 bits per heavy atom. The van der Waals surface area contributed by atoms with Crippen molar-refractivity contribution < 1.29 is 13.9 Å². The second-order valence-corrected chi connectivity index (χ2v) is 7.56. The Balaban J connectivity index is 0.000000343. The van der Waals surface area contributed by atoms with Crippen LogP contribution in [-0.2, 0) is 0 Å². The third-order valence-corrected chi connectivity index (χ3v) is 4.77. The first-order valence-electron chi connectivity index (χ1n) is 11.1. The van der Waals surface area contributed by atoms with Gasteiger partial charge in [-0.25, -0.2) is 4.39 Å². The summed E-state index contributed by atoms with van der Waals surface area (Å²) in [5.74, 6) is 0.622. The first kappa shape index (κ1) is 26.4. The zero-order valence-corrected chi connectivity index (χ0v) is 19.6. The van der Waals surface area contributed by atoms with E-state index >= 15 is 0 Å². The van der Waals surface area contributed by atoms with Crippen LogP contribution >= 0.6 is 0 Å². The van der Waals surface area contributed by atoms with Crippen molar-refractivity contribution >= 4 is 17.7 Å². The van der Waals surface area contributed by atoms with Gasteiger partial charge in [-0.05, 0) is 75.8 Å². The molecule has 0 aliphatic heterocycles. The van der Waals surface area contributed by atoms with Crippen LogP contribution in [0.4, 0.5) is 15.8 Å². The minimum absolute atomic E-state index is 0.199. The highest BCUT2D eigenvalue weighted by molar-refractivity contribution is 5.74. The number of aldehydes is 1. The largest absolute Gasteiger partial charge is 0.494 e. The van der Waals surface area contributed by atoms with Gasteiger partial charge in [0, 0.05) is 30.4 Å². The van der Waals surface area contributed by atoms with E-state index in [2.05, 4.69) is 36.3 Å². The van der Waals surface area contributed by atoms with Gasteiger partial charge in [0.2, 0.25) is 0 Å². The molecule has 0 amide bonds. The minimum Gasteiger partial charge on any atom is -0.494 e. The lowest BCUT2D eigenvalue weighted by molar-refractivity contribution is 0.112. The van der Waals surface area contributed by atoms with Crippen LogP contribution in [0.15, 0.2) is 42.5 Å². The topological polar surface area (TPSA) is 53.6 Å². The van der Waals surface area contributed by atoms with Crippen molar-refractivity contribution in [2.75, 3.05) is 44.4 Å². The highest BCUT2D eigenvalue weighted by atomic mass is 19.1. The number of likely N-dealkylation sites (N-methyl/N-ethyl adjacent to an activating group) is 1. The molecule has 172 valence electrons. The summed E-state index contributed by atoms with van der Waals surface area (Å²) in [5, 5.41) is 6.36. The van der Waals surface area contributed by atoms with Crippen molar-refractivity contribution in [2.24, 2.45) is 0 Å². The zero-order chi connectivity index (χ0) is 23.1. The number of hydrogen-bond acceptors (Lipinski definition) is 5. The standard InChI is InChI=1S/C15H26FN3.C10H12O2/c1-5-9-17-12-7-8-15(14(16)10-12)18-11-13(6-2)19(3)4;1-2-7-12-10-5-3-9(8-11)4-6-10/h7-8,10,13,17-18H,5-6,9,11H2,1-4H3;3-6,8H,2,7H2,1H3. The first-order valence-corrected chi connectivity index (χ1v) is 11.1. The number of hydrogen-bond donors (Lipinski definition) is 2. The van der Waals surface area contributed by atoms with Crippen molar-refractivity contribution in [3.8, 4) is 5.75 Å². The Hall–Kier alpha value is -2.60. The predicted octanol–water partition coefficient (Wildman–Crippen LogP) is 5.69. The van der Waals surface area contributed by atoms with E-state index in [1.54, 1.807) is 36.4 Å². The average molecular weight is 432 g/mol. The molecule has 0 aliphatic rings. The molecule has 0 radical (unpaired) electrons. The second-order valence-electron chi connectivity index (χ2n) is 7.56. The first-order chi connectivity index (χ1) is 14.9. The van der Waals surface area contributed by atoms with Crippen molar-refractivity contribution in [1.82, 2.24) is 4.90 Å². The van der Waals surface area contributed by atoms with Gasteiger partial charge < -0.3 is 20.3 Å². The molecule has 0 bridgehead atoms. The Labute approximate surface area is 187 Å². The molecule has 2 aromatic carbocycles. The Kier molecular flexibility index (Phi) is 13.0. The summed E-state index contributed by atoms with van der Waals surface area (Å²) in [7, 11) is 4.09. The molecular formula is C25H38FN3O2. The number of anilines is 2. The summed E-state index contributed by atoms with van der Waals surface area (Å²) in [4.78, 5) is 12.4. The fraction of sp³-hybridized carbons (Fsp3) is 0.480. The highest BCUT2D eigenvalue weighted by Gasteiger charge is 2.10. The lowest BCUT2D eigenvalue weighted by Gasteiger charge is -2.23. The van der Waals surface area contributed by atoms with Crippen molar-refractivity contribution in [2.45, 2.75) is 46.1 Å². The molecule has 0 heterocycles. The molecule has 0 spiro atoms. The summed E-state index contributed by atoms with van der Waals surface area (Å²) in [6.45, 7) is 8.62. The maximum Gasteiger partial charge on any atom is 0.150 e. The van der Waals surface area contributed by atoms with Crippen molar-refractivity contribution in [3.63, 3.8) is 0 Å². The number of ether oxygens (including phenoxy) is 1. The van der Waals surface area contributed by atoms with E-state index in [1.165, 1.54) is 0 Å². The molecule has 31 heavy (non-hydrogen) atoms. The SMILES string of the molecule is CCCNc1ccc(NCC(CC)N(C)C)c(F)c1.CCCOc1ccc(C=O)cc1. The van der Waals surface area contributed by atoms with Gasteiger partial charge in [0.25, 0.3) is 0 Å². The van der Waals surface area contributed by atoms with Crippen LogP contribution in [0, 0.1) is 5.82 Å². The van der Waals surface area contributed by atoms with Gasteiger partial charge in [-0.3, -0.25) is 4.79 Å². The molecule has 2 aromatic rings. The minimum atomic E-state index is -0.199. The van der Waals surface area contributed by atoms with Gasteiger partial charge in [-0.15, -0.1) is 0 Å². The molecule has 1 unspecified atom stereocenters. The van der Waals surface area contributed by atoms with Gasteiger partial charge in [0.1, 0.15) is 17.9 Å². The molecular weight excluding hydrogens is 393 g/mol. The van der Waals surface area contributed by atoms with Crippen LogP contribution in [0.25, 0.3) is 0 Å². The van der Waals surface area contributed by atoms with Gasteiger partial charge in [-0.2, -0.15) is 0 Å². The molecule has 2 N–H and O–H groups in total.